The topological polar surface area (TPSA) is 59.6 Å². The summed E-state index contributed by atoms with van der Waals surface area (Å²) in [7, 11) is 1.62. The molecule has 2 N–H and O–H groups in total. The molecule has 0 radical (unpaired) electrons. The highest BCUT2D eigenvalue weighted by atomic mass is 16.5. The molecule has 1 aliphatic rings. The fourth-order valence-electron chi connectivity index (χ4n) is 2.76. The largest absolute Gasteiger partial charge is 0.493 e. The zero-order valence-electron chi connectivity index (χ0n) is 13.3. The molecule has 1 atom stereocenters. The van der Waals surface area contributed by atoms with E-state index in [4.69, 9.17) is 9.47 Å². The Bertz CT molecular complexity index is 701. The highest BCUT2D eigenvalue weighted by molar-refractivity contribution is 5.89. The first-order valence-electron chi connectivity index (χ1n) is 7.61. The molecule has 0 aliphatic carbocycles. The van der Waals surface area contributed by atoms with Gasteiger partial charge < -0.3 is 20.1 Å². The third-order valence-corrected chi connectivity index (χ3v) is 3.81. The summed E-state index contributed by atoms with van der Waals surface area (Å²) in [5, 5.41) is 5.86. The average Bonchev–Trinajstić information content (AvgIpc) is 2.55. The van der Waals surface area contributed by atoms with Gasteiger partial charge in [0.05, 0.1) is 19.8 Å². The molecule has 2 aromatic rings. The van der Waals surface area contributed by atoms with Crippen LogP contribution in [-0.2, 0) is 0 Å². The van der Waals surface area contributed by atoms with Crippen molar-refractivity contribution in [1.82, 2.24) is 5.32 Å². The summed E-state index contributed by atoms with van der Waals surface area (Å²) in [4.78, 5) is 12.2. The molecule has 3 rings (SSSR count). The van der Waals surface area contributed by atoms with Crippen LogP contribution < -0.4 is 20.1 Å². The second-order valence-corrected chi connectivity index (χ2v) is 5.54. The molecule has 5 nitrogen and oxygen atoms in total. The molecule has 120 valence electrons. The zero-order valence-corrected chi connectivity index (χ0v) is 13.3. The van der Waals surface area contributed by atoms with Gasteiger partial charge in [-0.15, -0.1) is 0 Å². The number of anilines is 1. The van der Waals surface area contributed by atoms with Crippen molar-refractivity contribution in [2.45, 2.75) is 19.4 Å². The zero-order chi connectivity index (χ0) is 16.2. The van der Waals surface area contributed by atoms with E-state index in [2.05, 4.69) is 10.6 Å². The number of para-hydroxylation sites is 1. The van der Waals surface area contributed by atoms with Gasteiger partial charge in [0.2, 0.25) is 0 Å². The van der Waals surface area contributed by atoms with Crippen LogP contribution in [0, 0.1) is 6.92 Å². The summed E-state index contributed by atoms with van der Waals surface area (Å²) < 4.78 is 11.1. The van der Waals surface area contributed by atoms with Crippen molar-refractivity contribution in [2.24, 2.45) is 0 Å². The second kappa shape index (κ2) is 6.60. The van der Waals surface area contributed by atoms with E-state index in [-0.39, 0.29) is 12.1 Å². The van der Waals surface area contributed by atoms with Crippen molar-refractivity contribution in [3.63, 3.8) is 0 Å². The van der Waals surface area contributed by atoms with Gasteiger partial charge in [0.25, 0.3) is 0 Å². The maximum absolute atomic E-state index is 12.2. The molecule has 2 aromatic carbocycles. The lowest BCUT2D eigenvalue weighted by Gasteiger charge is -2.28. The Morgan fingerprint density at radius 3 is 2.78 bits per heavy atom. The minimum atomic E-state index is -0.227. The predicted molar refractivity (Wildman–Crippen MR) is 89.2 cm³/mol. The van der Waals surface area contributed by atoms with Crippen LogP contribution in [0.5, 0.6) is 11.5 Å². The maximum Gasteiger partial charge on any atom is 0.319 e. The van der Waals surface area contributed by atoms with Gasteiger partial charge in [0.1, 0.15) is 0 Å². The molecule has 0 bridgehead atoms. The van der Waals surface area contributed by atoms with Crippen molar-refractivity contribution in [1.29, 1.82) is 0 Å². The van der Waals surface area contributed by atoms with Crippen LogP contribution in [0.2, 0.25) is 0 Å². The number of ether oxygens (including phenoxy) is 2. The Labute approximate surface area is 135 Å². The molecular weight excluding hydrogens is 292 g/mol. The van der Waals surface area contributed by atoms with E-state index in [9.17, 15) is 4.79 Å². The molecule has 0 unspecified atom stereocenters. The van der Waals surface area contributed by atoms with Crippen LogP contribution >= 0.6 is 0 Å². The number of carbonyl (C=O) groups excluding carboxylic acids is 1. The molecular formula is C18H20N2O3. The van der Waals surface area contributed by atoms with Gasteiger partial charge in [0, 0.05) is 17.7 Å². The van der Waals surface area contributed by atoms with Crippen molar-refractivity contribution < 1.29 is 14.3 Å². The van der Waals surface area contributed by atoms with E-state index < -0.39 is 0 Å². The Kier molecular flexibility index (Phi) is 4.37. The lowest BCUT2D eigenvalue weighted by atomic mass is 9.98. The standard InChI is InChI=1S/C18H20N2O3/c1-12-10-14-15(8-9-23-17(14)16(11-12)22-2)20-18(21)19-13-6-4-3-5-7-13/h3-7,10-11,15H,8-9H2,1-2H3,(H2,19,20,21)/t15-/m1/s1. The summed E-state index contributed by atoms with van der Waals surface area (Å²) in [6, 6.07) is 13.0. The van der Waals surface area contributed by atoms with E-state index in [0.29, 0.717) is 12.4 Å². The fraction of sp³-hybridized carbons (Fsp3) is 0.278. The van der Waals surface area contributed by atoms with Crippen LogP contribution in [0.1, 0.15) is 23.6 Å². The van der Waals surface area contributed by atoms with Crippen molar-refractivity contribution >= 4 is 11.7 Å². The molecule has 0 fully saturated rings. The number of nitrogens with one attached hydrogen (secondary N) is 2. The number of benzene rings is 2. The molecule has 0 saturated carbocycles. The van der Waals surface area contributed by atoms with Crippen molar-refractivity contribution in [3.8, 4) is 11.5 Å². The van der Waals surface area contributed by atoms with Crippen molar-refractivity contribution in [2.75, 3.05) is 19.0 Å². The number of amides is 2. The highest BCUT2D eigenvalue weighted by Gasteiger charge is 2.26. The third-order valence-electron chi connectivity index (χ3n) is 3.81. The van der Waals surface area contributed by atoms with E-state index >= 15 is 0 Å². The van der Waals surface area contributed by atoms with E-state index in [1.54, 1.807) is 7.11 Å². The minimum Gasteiger partial charge on any atom is -0.493 e. The van der Waals surface area contributed by atoms with Gasteiger partial charge in [-0.3, -0.25) is 0 Å². The third kappa shape index (κ3) is 3.39. The number of aryl methyl sites for hydroxylation is 1. The van der Waals surface area contributed by atoms with E-state index in [0.717, 1.165) is 29.0 Å². The van der Waals surface area contributed by atoms with Crippen molar-refractivity contribution in [3.05, 3.63) is 53.6 Å². The number of carbonyl (C=O) groups is 1. The minimum absolute atomic E-state index is 0.101. The number of methoxy groups -OCH3 is 1. The Hall–Kier alpha value is -2.69. The van der Waals surface area contributed by atoms with Gasteiger partial charge in [-0.05, 0) is 30.7 Å². The summed E-state index contributed by atoms with van der Waals surface area (Å²) in [5.74, 6) is 1.42. The van der Waals surface area contributed by atoms with Crippen LogP contribution in [0.4, 0.5) is 10.5 Å². The molecule has 2 amide bonds. The van der Waals surface area contributed by atoms with Gasteiger partial charge in [-0.2, -0.15) is 0 Å². The normalized spacial score (nSPS) is 16.0. The Morgan fingerprint density at radius 2 is 2.04 bits per heavy atom. The monoisotopic (exact) mass is 312 g/mol. The quantitative estimate of drug-likeness (QED) is 0.909. The molecule has 0 spiro atoms. The lowest BCUT2D eigenvalue weighted by molar-refractivity contribution is 0.226. The average molecular weight is 312 g/mol. The number of hydrogen-bond donors (Lipinski definition) is 2. The summed E-state index contributed by atoms with van der Waals surface area (Å²) in [6.07, 6.45) is 0.724. The molecule has 0 saturated heterocycles. The van der Waals surface area contributed by atoms with Gasteiger partial charge in [0.15, 0.2) is 11.5 Å². The molecule has 5 heteroatoms. The Morgan fingerprint density at radius 1 is 1.26 bits per heavy atom. The summed E-state index contributed by atoms with van der Waals surface area (Å²) >= 11 is 0. The lowest BCUT2D eigenvalue weighted by Crippen LogP contribution is -2.35. The Balaban J connectivity index is 1.78. The maximum atomic E-state index is 12.2. The summed E-state index contributed by atoms with van der Waals surface area (Å²) in [6.45, 7) is 2.54. The first kappa shape index (κ1) is 15.2. The first-order chi connectivity index (χ1) is 11.2. The predicted octanol–water partition coefficient (Wildman–Crippen LogP) is 3.65. The van der Waals surface area contributed by atoms with Crippen LogP contribution in [0.25, 0.3) is 0 Å². The molecule has 0 aromatic heterocycles. The van der Waals surface area contributed by atoms with Crippen LogP contribution in [0.15, 0.2) is 42.5 Å². The highest BCUT2D eigenvalue weighted by Crippen LogP contribution is 2.40. The SMILES string of the molecule is COc1cc(C)cc2c1OCC[C@H]2NC(=O)Nc1ccccc1. The smallest absolute Gasteiger partial charge is 0.319 e. The summed E-state index contributed by atoms with van der Waals surface area (Å²) in [5.41, 5.74) is 2.79. The fourth-order valence-corrected chi connectivity index (χ4v) is 2.76. The molecule has 23 heavy (non-hydrogen) atoms. The number of rotatable bonds is 3. The number of fused-ring (bicyclic) bond motifs is 1. The molecule has 1 aliphatic heterocycles. The van der Waals surface area contributed by atoms with Gasteiger partial charge >= 0.3 is 6.03 Å². The van der Waals surface area contributed by atoms with Gasteiger partial charge in [-0.1, -0.05) is 24.3 Å². The number of urea groups is 1. The van der Waals surface area contributed by atoms with Crippen LogP contribution in [-0.4, -0.2) is 19.7 Å². The number of hydrogen-bond acceptors (Lipinski definition) is 3. The van der Waals surface area contributed by atoms with E-state index in [1.165, 1.54) is 0 Å². The van der Waals surface area contributed by atoms with E-state index in [1.807, 2.05) is 49.4 Å². The first-order valence-corrected chi connectivity index (χ1v) is 7.61. The van der Waals surface area contributed by atoms with Gasteiger partial charge in [-0.25, -0.2) is 4.79 Å². The van der Waals surface area contributed by atoms with Crippen LogP contribution in [0.3, 0.4) is 0 Å². The second-order valence-electron chi connectivity index (χ2n) is 5.54. The molecule has 1 heterocycles.